The van der Waals surface area contributed by atoms with Gasteiger partial charge in [-0.3, -0.25) is 4.79 Å². The minimum Gasteiger partial charge on any atom is -0.355 e. The van der Waals surface area contributed by atoms with Crippen molar-refractivity contribution in [2.75, 3.05) is 0 Å². The zero-order valence-corrected chi connectivity index (χ0v) is 12.3. The normalized spacial score (nSPS) is 14.9. The molecule has 3 aromatic rings. The van der Waals surface area contributed by atoms with Gasteiger partial charge in [0.2, 0.25) is 0 Å². The van der Waals surface area contributed by atoms with Crippen molar-refractivity contribution in [3.8, 4) is 11.3 Å². The van der Waals surface area contributed by atoms with Crippen LogP contribution in [-0.2, 0) is 6.54 Å². The van der Waals surface area contributed by atoms with Crippen LogP contribution < -0.4 is 5.43 Å². The van der Waals surface area contributed by atoms with Crippen LogP contribution in [0.3, 0.4) is 0 Å². The highest BCUT2D eigenvalue weighted by Gasteiger charge is 2.18. The molecule has 0 radical (unpaired) electrons. The number of aromatic nitrogens is 2. The number of carbonyl (C=O) groups is 1. The summed E-state index contributed by atoms with van der Waals surface area (Å²) in [7, 11) is 0. The van der Waals surface area contributed by atoms with Crippen molar-refractivity contribution in [1.29, 1.82) is 0 Å². The first kappa shape index (κ1) is 13.5. The molecule has 0 aliphatic carbocycles. The van der Waals surface area contributed by atoms with E-state index >= 15 is 0 Å². The first-order chi connectivity index (χ1) is 11.3. The summed E-state index contributed by atoms with van der Waals surface area (Å²) < 4.78 is 7.33. The second kappa shape index (κ2) is 5.57. The molecule has 2 aromatic heterocycles. The minimum atomic E-state index is -0.381. The molecule has 3 heterocycles. The molecule has 0 atom stereocenters. The lowest BCUT2D eigenvalue weighted by Crippen LogP contribution is -2.19. The van der Waals surface area contributed by atoms with Crippen LogP contribution in [0.25, 0.3) is 11.3 Å². The maximum atomic E-state index is 12.1. The molecule has 1 N–H and O–H groups in total. The van der Waals surface area contributed by atoms with Gasteiger partial charge >= 0.3 is 0 Å². The summed E-state index contributed by atoms with van der Waals surface area (Å²) in [6, 6.07) is 15.1. The number of aryl methyl sites for hydroxylation is 1. The van der Waals surface area contributed by atoms with E-state index in [1.54, 1.807) is 6.07 Å². The Morgan fingerprint density at radius 2 is 2.09 bits per heavy atom. The van der Waals surface area contributed by atoms with Crippen LogP contribution in [0.1, 0.15) is 22.6 Å². The van der Waals surface area contributed by atoms with Crippen LogP contribution in [0.15, 0.2) is 64.4 Å². The van der Waals surface area contributed by atoms with Crippen molar-refractivity contribution < 1.29 is 9.32 Å². The zero-order chi connectivity index (χ0) is 15.6. The number of nitrogens with one attached hydrogen (secondary N) is 1. The van der Waals surface area contributed by atoms with Crippen LogP contribution in [0.5, 0.6) is 0 Å². The lowest BCUT2D eigenvalue weighted by atomic mass is 10.1. The van der Waals surface area contributed by atoms with Gasteiger partial charge in [0.05, 0.1) is 11.4 Å². The molecule has 1 amide bonds. The molecule has 0 saturated heterocycles. The van der Waals surface area contributed by atoms with Gasteiger partial charge in [-0.2, -0.15) is 5.10 Å². The van der Waals surface area contributed by atoms with E-state index < -0.39 is 0 Å². The van der Waals surface area contributed by atoms with Crippen molar-refractivity contribution >= 4 is 11.6 Å². The predicted octanol–water partition coefficient (Wildman–Crippen LogP) is 2.68. The van der Waals surface area contributed by atoms with E-state index in [0.29, 0.717) is 5.76 Å². The standard InChI is InChI=1S/C17H14N4O2/c22-17(19-18-13-8-10-21-9-4-7-15(13)21)14-11-16(23-20-14)12-5-2-1-3-6-12/h1-7,9,11H,8,10H2,(H,19,22)/b18-13-. The smallest absolute Gasteiger partial charge is 0.293 e. The molecule has 0 spiro atoms. The summed E-state index contributed by atoms with van der Waals surface area (Å²) >= 11 is 0. The number of nitrogens with zero attached hydrogens (tertiary/aromatic N) is 3. The Kier molecular flexibility index (Phi) is 3.27. The van der Waals surface area contributed by atoms with E-state index in [9.17, 15) is 4.79 Å². The molecule has 6 nitrogen and oxygen atoms in total. The Morgan fingerprint density at radius 1 is 1.22 bits per heavy atom. The lowest BCUT2D eigenvalue weighted by molar-refractivity contribution is 0.0946. The van der Waals surface area contributed by atoms with Crippen LogP contribution in [0.4, 0.5) is 0 Å². The highest BCUT2D eigenvalue weighted by molar-refractivity contribution is 6.02. The topological polar surface area (TPSA) is 72.4 Å². The Balaban J connectivity index is 1.49. The van der Waals surface area contributed by atoms with Crippen molar-refractivity contribution in [3.63, 3.8) is 0 Å². The van der Waals surface area contributed by atoms with Crippen molar-refractivity contribution in [2.45, 2.75) is 13.0 Å². The first-order valence-corrected chi connectivity index (χ1v) is 7.36. The molecule has 0 unspecified atom stereocenters. The number of hydrogen-bond acceptors (Lipinski definition) is 4. The van der Waals surface area contributed by atoms with Crippen LogP contribution in [0, 0.1) is 0 Å². The summed E-state index contributed by atoms with van der Waals surface area (Å²) in [6.45, 7) is 0.888. The third-order valence-electron chi connectivity index (χ3n) is 3.81. The number of rotatable bonds is 3. The molecular weight excluding hydrogens is 292 g/mol. The second-order valence-corrected chi connectivity index (χ2v) is 5.28. The van der Waals surface area contributed by atoms with Gasteiger partial charge in [0, 0.05) is 30.8 Å². The fraction of sp³-hybridized carbons (Fsp3) is 0.118. The fourth-order valence-electron chi connectivity index (χ4n) is 2.63. The van der Waals surface area contributed by atoms with Gasteiger partial charge < -0.3 is 9.09 Å². The van der Waals surface area contributed by atoms with E-state index in [2.05, 4.69) is 20.3 Å². The summed E-state index contributed by atoms with van der Waals surface area (Å²) in [5.74, 6) is 0.173. The Bertz CT molecular complexity index is 877. The Hall–Kier alpha value is -3.15. The molecule has 23 heavy (non-hydrogen) atoms. The summed E-state index contributed by atoms with van der Waals surface area (Å²) in [5.41, 5.74) is 5.54. The van der Waals surface area contributed by atoms with Gasteiger partial charge in [-0.05, 0) is 12.1 Å². The molecule has 0 saturated carbocycles. The van der Waals surface area contributed by atoms with Gasteiger partial charge in [-0.1, -0.05) is 35.5 Å². The van der Waals surface area contributed by atoms with Gasteiger partial charge in [-0.25, -0.2) is 5.43 Å². The molecule has 114 valence electrons. The van der Waals surface area contributed by atoms with Gasteiger partial charge in [0.25, 0.3) is 5.91 Å². The summed E-state index contributed by atoms with van der Waals surface area (Å²) in [4.78, 5) is 12.1. The van der Waals surface area contributed by atoms with Gasteiger partial charge in [-0.15, -0.1) is 0 Å². The van der Waals surface area contributed by atoms with Gasteiger partial charge in [0.1, 0.15) is 0 Å². The van der Waals surface area contributed by atoms with Crippen molar-refractivity contribution in [1.82, 2.24) is 15.1 Å². The van der Waals surface area contributed by atoms with Crippen LogP contribution in [-0.4, -0.2) is 21.3 Å². The number of carbonyl (C=O) groups excluding carboxylic acids is 1. The third kappa shape index (κ3) is 2.55. The maximum Gasteiger partial charge on any atom is 0.293 e. The van der Waals surface area contributed by atoms with E-state index in [1.165, 1.54) is 0 Å². The summed E-state index contributed by atoms with van der Waals surface area (Å²) in [6.07, 6.45) is 2.81. The average molecular weight is 306 g/mol. The Labute approximate surface area is 132 Å². The fourth-order valence-corrected chi connectivity index (χ4v) is 2.63. The zero-order valence-electron chi connectivity index (χ0n) is 12.3. The molecule has 4 rings (SSSR count). The Morgan fingerprint density at radius 3 is 2.96 bits per heavy atom. The highest BCUT2D eigenvalue weighted by Crippen LogP contribution is 2.20. The predicted molar refractivity (Wildman–Crippen MR) is 85.0 cm³/mol. The molecule has 1 aliphatic heterocycles. The van der Waals surface area contributed by atoms with Crippen LogP contribution in [0.2, 0.25) is 0 Å². The van der Waals surface area contributed by atoms with E-state index in [4.69, 9.17) is 4.52 Å². The van der Waals surface area contributed by atoms with E-state index in [1.807, 2.05) is 48.7 Å². The van der Waals surface area contributed by atoms with E-state index in [0.717, 1.165) is 29.9 Å². The number of amides is 1. The van der Waals surface area contributed by atoms with Crippen molar-refractivity contribution in [3.05, 3.63) is 66.1 Å². The largest absolute Gasteiger partial charge is 0.355 e. The number of hydrazone groups is 1. The SMILES string of the molecule is O=C(N/N=C1/CCn2cccc21)c1cc(-c2ccccc2)on1. The number of benzene rings is 1. The first-order valence-electron chi connectivity index (χ1n) is 7.36. The third-order valence-corrected chi connectivity index (χ3v) is 3.81. The second-order valence-electron chi connectivity index (χ2n) is 5.28. The molecule has 0 fully saturated rings. The highest BCUT2D eigenvalue weighted by atomic mass is 16.5. The van der Waals surface area contributed by atoms with Crippen molar-refractivity contribution in [2.24, 2.45) is 5.10 Å². The molecule has 0 bridgehead atoms. The minimum absolute atomic E-state index is 0.210. The quantitative estimate of drug-likeness (QED) is 0.756. The van der Waals surface area contributed by atoms with Crippen LogP contribution >= 0.6 is 0 Å². The molecule has 1 aliphatic rings. The van der Waals surface area contributed by atoms with Gasteiger partial charge in [0.15, 0.2) is 11.5 Å². The number of hydrogen-bond donors (Lipinski definition) is 1. The van der Waals surface area contributed by atoms with E-state index in [-0.39, 0.29) is 11.6 Å². The average Bonchev–Trinajstić information content (AvgIpc) is 3.30. The molecule has 1 aromatic carbocycles. The summed E-state index contributed by atoms with van der Waals surface area (Å²) in [5, 5.41) is 8.02. The molecule has 6 heteroatoms. The molecular formula is C17H14N4O2. The lowest BCUT2D eigenvalue weighted by Gasteiger charge is -1.97. The maximum absolute atomic E-state index is 12.1. The number of fused-ring (bicyclic) bond motifs is 1. The monoisotopic (exact) mass is 306 g/mol.